The normalized spacial score (nSPS) is 11.4. The molecule has 18 heavy (non-hydrogen) atoms. The molecule has 0 saturated heterocycles. The third kappa shape index (κ3) is 2.61. The predicted molar refractivity (Wildman–Crippen MR) is 75.5 cm³/mol. The average Bonchev–Trinajstić information content (AvgIpc) is 2.66. The minimum absolute atomic E-state index is 0.582. The highest BCUT2D eigenvalue weighted by Crippen LogP contribution is 2.23. The highest BCUT2D eigenvalue weighted by atomic mass is 35.5. The number of nitrogens with zero attached hydrogens (tertiary/aromatic N) is 2. The Hall–Kier alpha value is -1.22. The van der Waals surface area contributed by atoms with Crippen molar-refractivity contribution in [1.82, 2.24) is 9.55 Å². The lowest BCUT2D eigenvalue weighted by molar-refractivity contribution is 0.415. The lowest BCUT2D eigenvalue weighted by Crippen LogP contribution is -2.09. The Morgan fingerprint density at radius 1 is 1.39 bits per heavy atom. The lowest BCUT2D eigenvalue weighted by atomic mass is 10.2. The molecule has 0 aliphatic rings. The number of halogens is 1. The fraction of sp³-hybridized carbons (Fsp3) is 0.500. The van der Waals surface area contributed by atoms with Crippen LogP contribution in [0.2, 0.25) is 0 Å². The molecule has 0 unspecified atom stereocenters. The summed E-state index contributed by atoms with van der Waals surface area (Å²) in [5.41, 5.74) is 2.14. The van der Waals surface area contributed by atoms with Gasteiger partial charge in [0.2, 0.25) is 0 Å². The molecule has 1 heterocycles. The van der Waals surface area contributed by atoms with Crippen LogP contribution in [0.1, 0.15) is 19.7 Å². The van der Waals surface area contributed by atoms with Crippen LogP contribution >= 0.6 is 11.6 Å². The molecule has 1 aromatic heterocycles. The number of imidazole rings is 1. The van der Waals surface area contributed by atoms with Gasteiger partial charge in [0.15, 0.2) is 0 Å². The van der Waals surface area contributed by atoms with E-state index in [1.54, 1.807) is 7.11 Å². The zero-order valence-corrected chi connectivity index (χ0v) is 11.9. The van der Waals surface area contributed by atoms with Crippen LogP contribution < -0.4 is 4.74 Å². The molecule has 0 N–H and O–H groups in total. The summed E-state index contributed by atoms with van der Waals surface area (Å²) in [6, 6.07) is 6.02. The molecule has 0 saturated carbocycles. The third-order valence-corrected chi connectivity index (χ3v) is 3.09. The van der Waals surface area contributed by atoms with Gasteiger partial charge in [0.1, 0.15) is 11.6 Å². The summed E-state index contributed by atoms with van der Waals surface area (Å²) in [6.45, 7) is 5.38. The second kappa shape index (κ2) is 5.61. The van der Waals surface area contributed by atoms with Crippen molar-refractivity contribution in [3.8, 4) is 5.75 Å². The number of methoxy groups -OCH3 is 1. The molecule has 2 rings (SSSR count). The van der Waals surface area contributed by atoms with E-state index in [0.717, 1.165) is 35.6 Å². The van der Waals surface area contributed by atoms with Crippen molar-refractivity contribution in [2.45, 2.75) is 26.8 Å². The summed E-state index contributed by atoms with van der Waals surface area (Å²) >= 11 is 5.85. The number of fused-ring (bicyclic) bond motifs is 1. The molecular formula is C14H19ClN2O. The predicted octanol–water partition coefficient (Wildman–Crippen LogP) is 3.48. The number of hydrogen-bond donors (Lipinski definition) is 0. The number of hydrogen-bond acceptors (Lipinski definition) is 2. The third-order valence-electron chi connectivity index (χ3n) is 2.90. The highest BCUT2D eigenvalue weighted by molar-refractivity contribution is 6.17. The largest absolute Gasteiger partial charge is 0.497 e. The van der Waals surface area contributed by atoms with Crippen molar-refractivity contribution in [3.63, 3.8) is 0 Å². The van der Waals surface area contributed by atoms with Crippen LogP contribution in [0.3, 0.4) is 0 Å². The Morgan fingerprint density at radius 3 is 2.78 bits per heavy atom. The number of benzene rings is 1. The first-order valence-corrected chi connectivity index (χ1v) is 6.78. The minimum atomic E-state index is 0.582. The van der Waals surface area contributed by atoms with Crippen LogP contribution in [-0.4, -0.2) is 22.5 Å². The molecule has 0 aliphatic carbocycles. The molecule has 0 spiro atoms. The van der Waals surface area contributed by atoms with Crippen LogP contribution in [0.4, 0.5) is 0 Å². The van der Waals surface area contributed by atoms with Gasteiger partial charge in [-0.3, -0.25) is 0 Å². The van der Waals surface area contributed by atoms with Crippen LogP contribution in [0.15, 0.2) is 18.2 Å². The van der Waals surface area contributed by atoms with E-state index in [4.69, 9.17) is 16.3 Å². The minimum Gasteiger partial charge on any atom is -0.497 e. The molecule has 0 aliphatic heterocycles. The first-order chi connectivity index (χ1) is 8.65. The van der Waals surface area contributed by atoms with Gasteiger partial charge in [0.25, 0.3) is 0 Å². The van der Waals surface area contributed by atoms with E-state index < -0.39 is 0 Å². The van der Waals surface area contributed by atoms with E-state index in [9.17, 15) is 0 Å². The Kier molecular flexibility index (Phi) is 4.12. The van der Waals surface area contributed by atoms with Crippen molar-refractivity contribution < 1.29 is 4.74 Å². The maximum Gasteiger partial charge on any atom is 0.121 e. The fourth-order valence-electron chi connectivity index (χ4n) is 2.13. The summed E-state index contributed by atoms with van der Waals surface area (Å²) in [5, 5.41) is 0. The van der Waals surface area contributed by atoms with Gasteiger partial charge in [0.05, 0.1) is 18.1 Å². The van der Waals surface area contributed by atoms with Gasteiger partial charge in [-0.15, -0.1) is 11.6 Å². The molecule has 0 radical (unpaired) electrons. The SMILES string of the molecule is COc1ccc2c(c1)nc(CCCl)n2CC(C)C. The summed E-state index contributed by atoms with van der Waals surface area (Å²) in [4.78, 5) is 4.66. The van der Waals surface area contributed by atoms with Gasteiger partial charge in [0, 0.05) is 24.9 Å². The summed E-state index contributed by atoms with van der Waals surface area (Å²) in [6.07, 6.45) is 0.797. The lowest BCUT2D eigenvalue weighted by Gasteiger charge is -2.11. The summed E-state index contributed by atoms with van der Waals surface area (Å²) < 4.78 is 7.50. The van der Waals surface area contributed by atoms with Gasteiger partial charge >= 0.3 is 0 Å². The van der Waals surface area contributed by atoms with Gasteiger partial charge in [-0.25, -0.2) is 4.98 Å². The zero-order chi connectivity index (χ0) is 13.1. The van der Waals surface area contributed by atoms with Crippen LogP contribution in [0.25, 0.3) is 11.0 Å². The molecule has 0 bridgehead atoms. The maximum absolute atomic E-state index is 5.85. The van der Waals surface area contributed by atoms with Crippen molar-refractivity contribution >= 4 is 22.6 Å². The molecule has 2 aromatic rings. The molecule has 98 valence electrons. The molecule has 1 aromatic carbocycles. The number of rotatable bonds is 5. The number of aromatic nitrogens is 2. The zero-order valence-electron chi connectivity index (χ0n) is 11.1. The van der Waals surface area contributed by atoms with E-state index in [-0.39, 0.29) is 0 Å². The van der Waals surface area contributed by atoms with E-state index in [1.165, 1.54) is 0 Å². The molecule has 0 amide bonds. The number of aryl methyl sites for hydroxylation is 1. The highest BCUT2D eigenvalue weighted by Gasteiger charge is 2.12. The smallest absolute Gasteiger partial charge is 0.121 e. The fourth-order valence-corrected chi connectivity index (χ4v) is 2.30. The van der Waals surface area contributed by atoms with Gasteiger partial charge in [-0.2, -0.15) is 0 Å². The quantitative estimate of drug-likeness (QED) is 0.775. The molecule has 0 fully saturated rings. The molecule has 4 heteroatoms. The van der Waals surface area contributed by atoms with Gasteiger partial charge in [-0.1, -0.05) is 13.8 Å². The Labute approximate surface area is 113 Å². The van der Waals surface area contributed by atoms with Crippen molar-refractivity contribution in [2.24, 2.45) is 5.92 Å². The first-order valence-electron chi connectivity index (χ1n) is 6.24. The number of alkyl halides is 1. The Bertz CT molecular complexity index is 534. The molecular weight excluding hydrogens is 248 g/mol. The van der Waals surface area contributed by atoms with Gasteiger partial charge in [-0.05, 0) is 18.1 Å². The maximum atomic E-state index is 5.85. The molecule has 3 nitrogen and oxygen atoms in total. The summed E-state index contributed by atoms with van der Waals surface area (Å²) in [7, 11) is 1.67. The Morgan fingerprint density at radius 2 is 2.17 bits per heavy atom. The van der Waals surface area contributed by atoms with Crippen molar-refractivity contribution in [2.75, 3.05) is 13.0 Å². The number of ether oxygens (including phenoxy) is 1. The van der Waals surface area contributed by atoms with Gasteiger partial charge < -0.3 is 9.30 Å². The van der Waals surface area contributed by atoms with Crippen LogP contribution in [-0.2, 0) is 13.0 Å². The topological polar surface area (TPSA) is 27.1 Å². The standard InChI is InChI=1S/C14H19ClN2O/c1-10(2)9-17-13-5-4-11(18-3)8-12(13)16-14(17)6-7-15/h4-5,8,10H,6-7,9H2,1-3H3. The van der Waals surface area contributed by atoms with Crippen LogP contribution in [0.5, 0.6) is 5.75 Å². The second-order valence-electron chi connectivity index (χ2n) is 4.83. The van der Waals surface area contributed by atoms with E-state index in [2.05, 4.69) is 29.5 Å². The second-order valence-corrected chi connectivity index (χ2v) is 5.20. The van der Waals surface area contributed by atoms with E-state index in [1.807, 2.05) is 12.1 Å². The van der Waals surface area contributed by atoms with Crippen molar-refractivity contribution in [1.29, 1.82) is 0 Å². The van der Waals surface area contributed by atoms with E-state index in [0.29, 0.717) is 11.8 Å². The first kappa shape index (κ1) is 13.2. The van der Waals surface area contributed by atoms with Crippen molar-refractivity contribution in [3.05, 3.63) is 24.0 Å². The average molecular weight is 267 g/mol. The Balaban J connectivity index is 2.52. The monoisotopic (exact) mass is 266 g/mol. The van der Waals surface area contributed by atoms with Crippen LogP contribution in [0, 0.1) is 5.92 Å². The van der Waals surface area contributed by atoms with E-state index >= 15 is 0 Å². The molecule has 0 atom stereocenters. The summed E-state index contributed by atoms with van der Waals surface area (Å²) in [5.74, 6) is 3.08.